The lowest BCUT2D eigenvalue weighted by molar-refractivity contribution is 0.0568. The molecule has 1 aliphatic heterocycles. The number of methoxy groups -OCH3 is 1. The maximum Gasteiger partial charge on any atom is 0.0615 e. The van der Waals surface area contributed by atoms with Crippen molar-refractivity contribution in [1.82, 2.24) is 4.90 Å². The number of alkyl halides is 1. The standard InChI is InChI=1S/C10H20ClNO/c1-8-4-5-10(11)6-12(8)9(2)7-13-3/h8-10H,4-7H2,1-3H3. The minimum Gasteiger partial charge on any atom is -0.383 e. The topological polar surface area (TPSA) is 12.5 Å². The molecule has 13 heavy (non-hydrogen) atoms. The molecule has 0 aromatic heterocycles. The van der Waals surface area contributed by atoms with Crippen LogP contribution < -0.4 is 0 Å². The second-order valence-corrected chi connectivity index (χ2v) is 4.64. The quantitative estimate of drug-likeness (QED) is 0.655. The van der Waals surface area contributed by atoms with Gasteiger partial charge >= 0.3 is 0 Å². The third-order valence-corrected chi connectivity index (χ3v) is 3.20. The van der Waals surface area contributed by atoms with E-state index in [1.807, 2.05) is 0 Å². The van der Waals surface area contributed by atoms with Crippen molar-refractivity contribution in [3.8, 4) is 0 Å². The van der Waals surface area contributed by atoms with Crippen molar-refractivity contribution in [2.45, 2.75) is 44.1 Å². The predicted octanol–water partition coefficient (Wildman–Crippen LogP) is 2.11. The molecule has 78 valence electrons. The molecule has 3 atom stereocenters. The number of hydrogen-bond donors (Lipinski definition) is 0. The number of halogens is 1. The first-order valence-corrected chi connectivity index (χ1v) is 5.47. The van der Waals surface area contributed by atoms with E-state index in [1.54, 1.807) is 7.11 Å². The fraction of sp³-hybridized carbons (Fsp3) is 1.00. The molecule has 0 aromatic rings. The van der Waals surface area contributed by atoms with Crippen LogP contribution in [-0.2, 0) is 4.74 Å². The largest absolute Gasteiger partial charge is 0.383 e. The zero-order valence-corrected chi connectivity index (χ0v) is 9.55. The molecule has 1 saturated heterocycles. The summed E-state index contributed by atoms with van der Waals surface area (Å²) in [6.45, 7) is 6.28. The molecule has 3 unspecified atom stereocenters. The van der Waals surface area contributed by atoms with Gasteiger partial charge in [0.05, 0.1) is 6.61 Å². The first-order chi connectivity index (χ1) is 6.15. The summed E-state index contributed by atoms with van der Waals surface area (Å²) in [5, 5.41) is 0.329. The monoisotopic (exact) mass is 205 g/mol. The lowest BCUT2D eigenvalue weighted by Crippen LogP contribution is -2.48. The Morgan fingerprint density at radius 3 is 2.85 bits per heavy atom. The number of likely N-dealkylation sites (tertiary alicyclic amines) is 1. The van der Waals surface area contributed by atoms with Crippen LogP contribution in [0.1, 0.15) is 26.7 Å². The summed E-state index contributed by atoms with van der Waals surface area (Å²) in [7, 11) is 1.75. The van der Waals surface area contributed by atoms with Crippen molar-refractivity contribution >= 4 is 11.6 Å². The molecule has 1 aliphatic rings. The Balaban J connectivity index is 2.44. The SMILES string of the molecule is COCC(C)N1CC(Cl)CCC1C. The molecule has 0 bridgehead atoms. The van der Waals surface area contributed by atoms with E-state index in [0.717, 1.165) is 19.6 Å². The number of rotatable bonds is 3. The van der Waals surface area contributed by atoms with E-state index in [2.05, 4.69) is 18.7 Å². The van der Waals surface area contributed by atoms with Gasteiger partial charge in [-0.2, -0.15) is 0 Å². The molecule has 0 aromatic carbocycles. The number of nitrogens with zero attached hydrogens (tertiary/aromatic N) is 1. The van der Waals surface area contributed by atoms with E-state index in [-0.39, 0.29) is 0 Å². The Kier molecular flexibility index (Phi) is 4.50. The molecule has 1 heterocycles. The van der Waals surface area contributed by atoms with Crippen LogP contribution in [0, 0.1) is 0 Å². The lowest BCUT2D eigenvalue weighted by Gasteiger charge is -2.39. The van der Waals surface area contributed by atoms with Crippen LogP contribution in [-0.4, -0.2) is 42.6 Å². The Morgan fingerprint density at radius 1 is 1.54 bits per heavy atom. The number of ether oxygens (including phenoxy) is 1. The Hall–Kier alpha value is 0.210. The van der Waals surface area contributed by atoms with Gasteiger partial charge in [0.15, 0.2) is 0 Å². The smallest absolute Gasteiger partial charge is 0.0615 e. The molecule has 3 heteroatoms. The molecule has 2 nitrogen and oxygen atoms in total. The van der Waals surface area contributed by atoms with E-state index in [1.165, 1.54) is 6.42 Å². The fourth-order valence-corrected chi connectivity index (χ4v) is 2.32. The number of piperidine rings is 1. The predicted molar refractivity (Wildman–Crippen MR) is 56.4 cm³/mol. The van der Waals surface area contributed by atoms with Gasteiger partial charge in [-0.05, 0) is 26.7 Å². The van der Waals surface area contributed by atoms with E-state index in [4.69, 9.17) is 16.3 Å². The minimum atomic E-state index is 0.329. The van der Waals surface area contributed by atoms with Crippen LogP contribution in [0.3, 0.4) is 0 Å². The molecular formula is C10H20ClNO. The Labute approximate surface area is 86.2 Å². The van der Waals surface area contributed by atoms with Crippen molar-refractivity contribution in [2.75, 3.05) is 20.3 Å². The van der Waals surface area contributed by atoms with Gasteiger partial charge in [-0.25, -0.2) is 0 Å². The van der Waals surface area contributed by atoms with Gasteiger partial charge in [-0.1, -0.05) is 0 Å². The second kappa shape index (κ2) is 5.18. The highest BCUT2D eigenvalue weighted by molar-refractivity contribution is 6.20. The Morgan fingerprint density at radius 2 is 2.23 bits per heavy atom. The third-order valence-electron chi connectivity index (χ3n) is 2.85. The Bertz CT molecular complexity index is 154. The summed E-state index contributed by atoms with van der Waals surface area (Å²) in [5.74, 6) is 0. The van der Waals surface area contributed by atoms with Crippen LogP contribution in [0.2, 0.25) is 0 Å². The molecule has 0 radical (unpaired) electrons. The molecule has 1 fully saturated rings. The zero-order valence-electron chi connectivity index (χ0n) is 8.79. The highest BCUT2D eigenvalue weighted by atomic mass is 35.5. The van der Waals surface area contributed by atoms with Gasteiger partial charge in [0.25, 0.3) is 0 Å². The van der Waals surface area contributed by atoms with Gasteiger partial charge in [0, 0.05) is 31.1 Å². The molecule has 0 spiro atoms. The van der Waals surface area contributed by atoms with E-state index in [9.17, 15) is 0 Å². The molecule has 1 rings (SSSR count). The van der Waals surface area contributed by atoms with Crippen molar-refractivity contribution in [2.24, 2.45) is 0 Å². The second-order valence-electron chi connectivity index (χ2n) is 4.02. The van der Waals surface area contributed by atoms with Crippen LogP contribution in [0.5, 0.6) is 0 Å². The average Bonchev–Trinajstić information content (AvgIpc) is 2.09. The molecule has 0 aliphatic carbocycles. The van der Waals surface area contributed by atoms with Crippen molar-refractivity contribution in [3.05, 3.63) is 0 Å². The van der Waals surface area contributed by atoms with Crippen molar-refractivity contribution < 1.29 is 4.74 Å². The van der Waals surface area contributed by atoms with Crippen LogP contribution in [0.15, 0.2) is 0 Å². The summed E-state index contributed by atoms with van der Waals surface area (Å²) in [6, 6.07) is 1.14. The maximum absolute atomic E-state index is 6.14. The summed E-state index contributed by atoms with van der Waals surface area (Å²) in [4.78, 5) is 2.45. The third kappa shape index (κ3) is 3.12. The van der Waals surface area contributed by atoms with Crippen LogP contribution >= 0.6 is 11.6 Å². The lowest BCUT2D eigenvalue weighted by atomic mass is 10.0. The molecule has 0 saturated carbocycles. The highest BCUT2D eigenvalue weighted by Crippen LogP contribution is 2.22. The zero-order chi connectivity index (χ0) is 9.84. The summed E-state index contributed by atoms with van der Waals surface area (Å²) < 4.78 is 5.16. The van der Waals surface area contributed by atoms with Crippen molar-refractivity contribution in [1.29, 1.82) is 0 Å². The first kappa shape index (κ1) is 11.3. The summed E-state index contributed by atoms with van der Waals surface area (Å²) in [5.41, 5.74) is 0. The first-order valence-electron chi connectivity index (χ1n) is 5.04. The molecule has 0 N–H and O–H groups in total. The number of hydrogen-bond acceptors (Lipinski definition) is 2. The fourth-order valence-electron chi connectivity index (χ4n) is 2.04. The molecule has 0 amide bonds. The van der Waals surface area contributed by atoms with Gasteiger partial charge in [-0.3, -0.25) is 4.90 Å². The van der Waals surface area contributed by atoms with Crippen LogP contribution in [0.25, 0.3) is 0 Å². The van der Waals surface area contributed by atoms with E-state index < -0.39 is 0 Å². The van der Waals surface area contributed by atoms with Gasteiger partial charge in [0.1, 0.15) is 0 Å². The van der Waals surface area contributed by atoms with Crippen molar-refractivity contribution in [3.63, 3.8) is 0 Å². The average molecular weight is 206 g/mol. The van der Waals surface area contributed by atoms with Gasteiger partial charge in [0.2, 0.25) is 0 Å². The maximum atomic E-state index is 6.14. The molecular weight excluding hydrogens is 186 g/mol. The van der Waals surface area contributed by atoms with Crippen LogP contribution in [0.4, 0.5) is 0 Å². The van der Waals surface area contributed by atoms with Gasteiger partial charge < -0.3 is 4.74 Å². The normalized spacial score (nSPS) is 33.2. The van der Waals surface area contributed by atoms with Gasteiger partial charge in [-0.15, -0.1) is 11.6 Å². The summed E-state index contributed by atoms with van der Waals surface area (Å²) in [6.07, 6.45) is 2.36. The summed E-state index contributed by atoms with van der Waals surface area (Å²) >= 11 is 6.14. The highest BCUT2D eigenvalue weighted by Gasteiger charge is 2.27. The van der Waals surface area contributed by atoms with E-state index in [0.29, 0.717) is 17.5 Å². The minimum absolute atomic E-state index is 0.329. The van der Waals surface area contributed by atoms with E-state index >= 15 is 0 Å².